The van der Waals surface area contributed by atoms with Crippen LogP contribution in [0.5, 0.6) is 0 Å². The second-order valence-electron chi connectivity index (χ2n) is 5.21. The van der Waals surface area contributed by atoms with Crippen molar-refractivity contribution in [2.75, 3.05) is 0 Å². The quantitative estimate of drug-likeness (QED) is 0.352. The van der Waals surface area contributed by atoms with E-state index in [4.69, 9.17) is 0 Å². The van der Waals surface area contributed by atoms with Gasteiger partial charge in [-0.1, -0.05) is 66.7 Å². The molecule has 21 heavy (non-hydrogen) atoms. The summed E-state index contributed by atoms with van der Waals surface area (Å²) in [5.74, 6) is 0. The lowest BCUT2D eigenvalue weighted by Gasteiger charge is -2.09. The van der Waals surface area contributed by atoms with Crippen LogP contribution in [0.1, 0.15) is 0 Å². The van der Waals surface area contributed by atoms with Crippen molar-refractivity contribution >= 4 is 37.5 Å². The fourth-order valence-electron chi connectivity index (χ4n) is 2.82. The van der Waals surface area contributed by atoms with E-state index in [2.05, 4.69) is 88.7 Å². The van der Waals surface area contributed by atoms with Crippen LogP contribution in [0.3, 0.4) is 0 Å². The van der Waals surface area contributed by atoms with Crippen molar-refractivity contribution in [2.45, 2.75) is 0 Å². The Morgan fingerprint density at radius 1 is 0.524 bits per heavy atom. The Kier molecular flexibility index (Phi) is 3.01. The summed E-state index contributed by atoms with van der Waals surface area (Å²) in [6.45, 7) is 0. The topological polar surface area (TPSA) is 0 Å². The molecule has 0 saturated carbocycles. The highest BCUT2D eigenvalue weighted by molar-refractivity contribution is 9.10. The molecule has 0 saturated heterocycles. The number of fused-ring (bicyclic) bond motifs is 2. The molecule has 4 aromatic carbocycles. The van der Waals surface area contributed by atoms with Crippen LogP contribution in [0.25, 0.3) is 32.7 Å². The molecule has 0 aromatic heterocycles. The fourth-order valence-corrected chi connectivity index (χ4v) is 3.52. The Morgan fingerprint density at radius 3 is 2.10 bits per heavy atom. The lowest BCUT2D eigenvalue weighted by atomic mass is 9.98. The standard InChI is InChI=1S/C20H13Br/c21-20-18-9-5-4-8-16(18)12-17-11-10-15(13-19(17)20)14-6-2-1-3-7-14/h1-13H. The van der Waals surface area contributed by atoms with Crippen molar-refractivity contribution in [1.29, 1.82) is 0 Å². The predicted octanol–water partition coefficient (Wildman–Crippen LogP) is 6.42. The zero-order valence-corrected chi connectivity index (χ0v) is 13.0. The average Bonchev–Trinajstić information content (AvgIpc) is 2.56. The van der Waals surface area contributed by atoms with Crippen molar-refractivity contribution in [3.63, 3.8) is 0 Å². The van der Waals surface area contributed by atoms with E-state index in [-0.39, 0.29) is 0 Å². The molecule has 4 rings (SSSR count). The minimum absolute atomic E-state index is 1.17. The average molecular weight is 333 g/mol. The van der Waals surface area contributed by atoms with Gasteiger partial charge in [0.1, 0.15) is 0 Å². The number of hydrogen-bond acceptors (Lipinski definition) is 0. The second-order valence-corrected chi connectivity index (χ2v) is 6.01. The van der Waals surface area contributed by atoms with E-state index in [1.54, 1.807) is 0 Å². The zero-order chi connectivity index (χ0) is 14.2. The Hall–Kier alpha value is -2.12. The van der Waals surface area contributed by atoms with E-state index < -0.39 is 0 Å². The second kappa shape index (κ2) is 5.01. The molecular weight excluding hydrogens is 320 g/mol. The molecule has 0 radical (unpaired) electrons. The summed E-state index contributed by atoms with van der Waals surface area (Å²) >= 11 is 3.79. The fraction of sp³-hybridized carbons (Fsp3) is 0. The van der Waals surface area contributed by atoms with Crippen LogP contribution < -0.4 is 0 Å². The molecule has 0 spiro atoms. The molecule has 0 aliphatic rings. The Labute approximate surface area is 132 Å². The first-order chi connectivity index (χ1) is 10.3. The summed E-state index contributed by atoms with van der Waals surface area (Å²) in [5, 5.41) is 5.05. The molecular formula is C20H13Br. The first-order valence-electron chi connectivity index (χ1n) is 6.99. The summed E-state index contributed by atoms with van der Waals surface area (Å²) in [6, 6.07) is 27.9. The third-order valence-electron chi connectivity index (χ3n) is 3.91. The monoisotopic (exact) mass is 332 g/mol. The number of halogens is 1. The normalized spacial score (nSPS) is 11.1. The molecule has 0 amide bonds. The highest BCUT2D eigenvalue weighted by Gasteiger charge is 2.06. The SMILES string of the molecule is Brc1c2ccccc2cc2ccc(-c3ccccc3)cc12. The van der Waals surface area contributed by atoms with E-state index in [0.717, 1.165) is 0 Å². The van der Waals surface area contributed by atoms with Gasteiger partial charge < -0.3 is 0 Å². The van der Waals surface area contributed by atoms with Crippen molar-refractivity contribution in [3.8, 4) is 11.1 Å². The number of hydrogen-bond donors (Lipinski definition) is 0. The van der Waals surface area contributed by atoms with Crippen LogP contribution in [0.4, 0.5) is 0 Å². The molecule has 0 bridgehead atoms. The van der Waals surface area contributed by atoms with Crippen molar-refractivity contribution < 1.29 is 0 Å². The molecule has 0 N–H and O–H groups in total. The van der Waals surface area contributed by atoms with Crippen molar-refractivity contribution in [1.82, 2.24) is 0 Å². The minimum Gasteiger partial charge on any atom is -0.0622 e. The molecule has 4 aromatic rings. The van der Waals surface area contributed by atoms with Gasteiger partial charge in [-0.05, 0) is 60.7 Å². The summed E-state index contributed by atoms with van der Waals surface area (Å²) in [5.41, 5.74) is 2.50. The van der Waals surface area contributed by atoms with Crippen molar-refractivity contribution in [3.05, 3.63) is 83.3 Å². The van der Waals surface area contributed by atoms with E-state index in [1.807, 2.05) is 6.07 Å². The first-order valence-corrected chi connectivity index (χ1v) is 7.79. The van der Waals surface area contributed by atoms with Crippen LogP contribution in [-0.2, 0) is 0 Å². The molecule has 0 atom stereocenters. The zero-order valence-electron chi connectivity index (χ0n) is 11.4. The third kappa shape index (κ3) is 2.14. The molecule has 0 aliphatic heterocycles. The maximum atomic E-state index is 3.79. The Bertz CT molecular complexity index is 940. The van der Waals surface area contributed by atoms with E-state index in [9.17, 15) is 0 Å². The summed E-state index contributed by atoms with van der Waals surface area (Å²) in [4.78, 5) is 0. The summed E-state index contributed by atoms with van der Waals surface area (Å²) in [7, 11) is 0. The number of benzene rings is 4. The van der Waals surface area contributed by atoms with Crippen LogP contribution >= 0.6 is 15.9 Å². The van der Waals surface area contributed by atoms with Gasteiger partial charge in [0.25, 0.3) is 0 Å². The Balaban J connectivity index is 2.03. The lowest BCUT2D eigenvalue weighted by Crippen LogP contribution is -1.82. The lowest BCUT2D eigenvalue weighted by molar-refractivity contribution is 1.64. The van der Waals surface area contributed by atoms with Crippen LogP contribution in [0.15, 0.2) is 83.3 Å². The van der Waals surface area contributed by atoms with Crippen LogP contribution in [0, 0.1) is 0 Å². The highest BCUT2D eigenvalue weighted by atomic mass is 79.9. The molecule has 1 heteroatoms. The summed E-state index contributed by atoms with van der Waals surface area (Å²) < 4.78 is 1.17. The largest absolute Gasteiger partial charge is 0.0622 e. The van der Waals surface area contributed by atoms with Gasteiger partial charge in [0, 0.05) is 4.47 Å². The smallest absolute Gasteiger partial charge is 0.0332 e. The van der Waals surface area contributed by atoms with Gasteiger partial charge in [-0.15, -0.1) is 0 Å². The van der Waals surface area contributed by atoms with E-state index in [1.165, 1.54) is 37.1 Å². The highest BCUT2D eigenvalue weighted by Crippen LogP contribution is 2.35. The van der Waals surface area contributed by atoms with Gasteiger partial charge in [-0.25, -0.2) is 0 Å². The molecule has 0 heterocycles. The van der Waals surface area contributed by atoms with Gasteiger partial charge in [0.05, 0.1) is 0 Å². The van der Waals surface area contributed by atoms with Crippen LogP contribution in [-0.4, -0.2) is 0 Å². The summed E-state index contributed by atoms with van der Waals surface area (Å²) in [6.07, 6.45) is 0. The van der Waals surface area contributed by atoms with Gasteiger partial charge in [0.15, 0.2) is 0 Å². The van der Waals surface area contributed by atoms with Gasteiger partial charge in [0.2, 0.25) is 0 Å². The van der Waals surface area contributed by atoms with Gasteiger partial charge in [-0.3, -0.25) is 0 Å². The maximum Gasteiger partial charge on any atom is 0.0332 e. The molecule has 0 nitrogen and oxygen atoms in total. The van der Waals surface area contributed by atoms with E-state index in [0.29, 0.717) is 0 Å². The van der Waals surface area contributed by atoms with Gasteiger partial charge in [-0.2, -0.15) is 0 Å². The van der Waals surface area contributed by atoms with Crippen LogP contribution in [0.2, 0.25) is 0 Å². The molecule has 100 valence electrons. The molecule has 0 fully saturated rings. The minimum atomic E-state index is 1.17. The third-order valence-corrected chi connectivity index (χ3v) is 4.76. The molecule has 0 unspecified atom stereocenters. The predicted molar refractivity (Wildman–Crippen MR) is 94.6 cm³/mol. The number of rotatable bonds is 1. The first kappa shape index (κ1) is 12.6. The van der Waals surface area contributed by atoms with Gasteiger partial charge >= 0.3 is 0 Å². The Morgan fingerprint density at radius 2 is 1.24 bits per heavy atom. The van der Waals surface area contributed by atoms with E-state index >= 15 is 0 Å². The molecule has 0 aliphatic carbocycles. The van der Waals surface area contributed by atoms with Crippen molar-refractivity contribution in [2.24, 2.45) is 0 Å². The maximum absolute atomic E-state index is 3.79.